The molecule has 4 aliphatic carbocycles. The number of carbonyl (C=O) groups is 2. The molecule has 4 rings (SSSR count). The summed E-state index contributed by atoms with van der Waals surface area (Å²) in [6, 6.07) is 0. The molecule has 2 heteroatoms. The zero-order valence-electron chi connectivity index (χ0n) is 7.69. The molecule has 0 spiro atoms. The smallest absolute Gasteiger partial charge is 0.182 e. The Labute approximate surface area is 82.0 Å². The lowest BCUT2D eigenvalue weighted by molar-refractivity contribution is -0.116. The van der Waals surface area contributed by atoms with Gasteiger partial charge in [0.15, 0.2) is 11.6 Å². The Morgan fingerprint density at radius 3 is 1.64 bits per heavy atom. The maximum absolute atomic E-state index is 11.6. The van der Waals surface area contributed by atoms with Gasteiger partial charge < -0.3 is 0 Å². The second-order valence-corrected chi connectivity index (χ2v) is 4.06. The minimum Gasteiger partial charge on any atom is -0.290 e. The molecule has 0 aromatic heterocycles. The fourth-order valence-corrected chi connectivity index (χ4v) is 2.66. The Bertz CT molecular complexity index is 386. The van der Waals surface area contributed by atoms with Gasteiger partial charge >= 0.3 is 0 Å². The zero-order chi connectivity index (χ0) is 9.71. The third kappa shape index (κ3) is 0.857. The molecule has 2 bridgehead atoms. The molecule has 0 fully saturated rings. The van der Waals surface area contributed by atoms with E-state index < -0.39 is 0 Å². The number of fused-ring (bicyclic) bond motifs is 1. The lowest BCUT2D eigenvalue weighted by Crippen LogP contribution is -2.31. The summed E-state index contributed by atoms with van der Waals surface area (Å²) in [5.41, 5.74) is 1.55. The Morgan fingerprint density at radius 2 is 1.29 bits per heavy atom. The zero-order valence-corrected chi connectivity index (χ0v) is 7.69. The van der Waals surface area contributed by atoms with E-state index in [0.29, 0.717) is 0 Å². The van der Waals surface area contributed by atoms with Crippen LogP contribution in [0.4, 0.5) is 0 Å². The molecule has 0 saturated carbocycles. The normalized spacial score (nSPS) is 34.0. The van der Waals surface area contributed by atoms with Crippen molar-refractivity contribution in [3.63, 3.8) is 0 Å². The maximum atomic E-state index is 11.6. The van der Waals surface area contributed by atoms with Crippen LogP contribution in [-0.4, -0.2) is 11.6 Å². The van der Waals surface area contributed by atoms with Crippen LogP contribution in [0.1, 0.15) is 12.8 Å². The van der Waals surface area contributed by atoms with E-state index in [9.17, 15) is 9.59 Å². The monoisotopic (exact) mass is 186 g/mol. The Balaban J connectivity index is 2.19. The summed E-state index contributed by atoms with van der Waals surface area (Å²) in [5.74, 6) is 0.491. The molecule has 0 aromatic carbocycles. The van der Waals surface area contributed by atoms with E-state index in [1.807, 2.05) is 0 Å². The molecule has 2 nitrogen and oxygen atoms in total. The predicted octanol–water partition coefficient (Wildman–Crippen LogP) is 1.59. The SMILES string of the molecule is O=C1C=CC(=O)C2=C1C1C=CC2CC1. The molecule has 2 atom stereocenters. The van der Waals surface area contributed by atoms with Crippen molar-refractivity contribution in [1.82, 2.24) is 0 Å². The van der Waals surface area contributed by atoms with Crippen LogP contribution in [0.15, 0.2) is 35.5 Å². The van der Waals surface area contributed by atoms with Gasteiger partial charge in [-0.1, -0.05) is 12.2 Å². The van der Waals surface area contributed by atoms with Crippen LogP contribution < -0.4 is 0 Å². The molecule has 0 heterocycles. The molecule has 70 valence electrons. The second kappa shape index (κ2) is 2.53. The average Bonchev–Trinajstić information content (AvgIpc) is 2.25. The summed E-state index contributed by atoms with van der Waals surface area (Å²) >= 11 is 0. The second-order valence-electron chi connectivity index (χ2n) is 4.06. The standard InChI is InChI=1S/C12H10O2/c13-9-5-6-10(14)12-8-2-1-7(3-4-8)11(9)12/h1-2,5-8H,3-4H2. The van der Waals surface area contributed by atoms with Gasteiger partial charge in [0, 0.05) is 23.0 Å². The first-order valence-corrected chi connectivity index (χ1v) is 4.96. The van der Waals surface area contributed by atoms with Crippen LogP contribution in [0.5, 0.6) is 0 Å². The summed E-state index contributed by atoms with van der Waals surface area (Å²) in [5, 5.41) is 0. The van der Waals surface area contributed by atoms with Crippen molar-refractivity contribution in [3.05, 3.63) is 35.5 Å². The van der Waals surface area contributed by atoms with Crippen molar-refractivity contribution < 1.29 is 9.59 Å². The summed E-state index contributed by atoms with van der Waals surface area (Å²) in [6.07, 6.45) is 9.03. The fourth-order valence-electron chi connectivity index (χ4n) is 2.66. The molecule has 0 radical (unpaired) electrons. The van der Waals surface area contributed by atoms with Gasteiger partial charge in [-0.3, -0.25) is 9.59 Å². The van der Waals surface area contributed by atoms with Gasteiger partial charge in [-0.2, -0.15) is 0 Å². The van der Waals surface area contributed by atoms with E-state index in [1.165, 1.54) is 12.2 Å². The van der Waals surface area contributed by atoms with E-state index >= 15 is 0 Å². The topological polar surface area (TPSA) is 34.1 Å². The van der Waals surface area contributed by atoms with Gasteiger partial charge in [0.2, 0.25) is 0 Å². The molecular weight excluding hydrogens is 176 g/mol. The van der Waals surface area contributed by atoms with Crippen molar-refractivity contribution in [2.24, 2.45) is 11.8 Å². The van der Waals surface area contributed by atoms with Crippen molar-refractivity contribution in [3.8, 4) is 0 Å². The van der Waals surface area contributed by atoms with Crippen LogP contribution in [0.2, 0.25) is 0 Å². The van der Waals surface area contributed by atoms with Gasteiger partial charge in [0.25, 0.3) is 0 Å². The molecular formula is C12H10O2. The average molecular weight is 186 g/mol. The summed E-state index contributed by atoms with van der Waals surface area (Å²) in [7, 11) is 0. The van der Waals surface area contributed by atoms with Crippen LogP contribution in [0.3, 0.4) is 0 Å². The van der Waals surface area contributed by atoms with Crippen molar-refractivity contribution in [2.75, 3.05) is 0 Å². The number of carbonyl (C=O) groups excluding carboxylic acids is 2. The highest BCUT2D eigenvalue weighted by Crippen LogP contribution is 2.42. The number of hydrogen-bond acceptors (Lipinski definition) is 2. The number of allylic oxidation sites excluding steroid dienone is 6. The highest BCUT2D eigenvalue weighted by Gasteiger charge is 2.38. The first kappa shape index (κ1) is 7.92. The van der Waals surface area contributed by atoms with Crippen molar-refractivity contribution >= 4 is 11.6 Å². The van der Waals surface area contributed by atoms with Crippen LogP contribution in [0, 0.1) is 11.8 Å². The van der Waals surface area contributed by atoms with Gasteiger partial charge in [0.05, 0.1) is 0 Å². The van der Waals surface area contributed by atoms with E-state index in [4.69, 9.17) is 0 Å². The molecule has 4 aliphatic rings. The lowest BCUT2D eigenvalue weighted by Gasteiger charge is -2.35. The molecule has 0 aliphatic heterocycles. The highest BCUT2D eigenvalue weighted by molar-refractivity contribution is 6.21. The van der Waals surface area contributed by atoms with E-state index in [0.717, 1.165) is 24.0 Å². The third-order valence-electron chi connectivity index (χ3n) is 3.31. The molecule has 14 heavy (non-hydrogen) atoms. The van der Waals surface area contributed by atoms with Gasteiger partial charge in [-0.15, -0.1) is 0 Å². The first-order valence-electron chi connectivity index (χ1n) is 4.96. The maximum Gasteiger partial charge on any atom is 0.182 e. The quantitative estimate of drug-likeness (QED) is 0.425. The van der Waals surface area contributed by atoms with E-state index in [2.05, 4.69) is 12.2 Å². The number of hydrogen-bond donors (Lipinski definition) is 0. The molecule has 2 unspecified atom stereocenters. The Kier molecular flexibility index (Phi) is 1.43. The largest absolute Gasteiger partial charge is 0.290 e. The summed E-state index contributed by atoms with van der Waals surface area (Å²) in [6.45, 7) is 0. The van der Waals surface area contributed by atoms with Crippen molar-refractivity contribution in [1.29, 1.82) is 0 Å². The van der Waals surface area contributed by atoms with E-state index in [-0.39, 0.29) is 23.4 Å². The van der Waals surface area contributed by atoms with Gasteiger partial charge in [-0.05, 0) is 25.0 Å². The molecule has 0 amide bonds. The lowest BCUT2D eigenvalue weighted by atomic mass is 9.67. The van der Waals surface area contributed by atoms with Gasteiger partial charge in [0.1, 0.15) is 0 Å². The molecule has 0 aromatic rings. The molecule has 0 saturated heterocycles. The van der Waals surface area contributed by atoms with E-state index in [1.54, 1.807) is 0 Å². The minimum atomic E-state index is 0.0404. The van der Waals surface area contributed by atoms with Crippen LogP contribution in [-0.2, 0) is 9.59 Å². The first-order chi connectivity index (χ1) is 6.77. The number of ketones is 2. The Hall–Kier alpha value is -1.44. The minimum absolute atomic E-state index is 0.0404. The van der Waals surface area contributed by atoms with Crippen LogP contribution >= 0.6 is 0 Å². The summed E-state index contributed by atoms with van der Waals surface area (Å²) in [4.78, 5) is 23.3. The van der Waals surface area contributed by atoms with Crippen molar-refractivity contribution in [2.45, 2.75) is 12.8 Å². The van der Waals surface area contributed by atoms with Crippen LogP contribution in [0.25, 0.3) is 0 Å². The Morgan fingerprint density at radius 1 is 0.857 bits per heavy atom. The predicted molar refractivity (Wildman–Crippen MR) is 51.5 cm³/mol. The fraction of sp³-hybridized carbons (Fsp3) is 0.333. The summed E-state index contributed by atoms with van der Waals surface area (Å²) < 4.78 is 0. The highest BCUT2D eigenvalue weighted by atomic mass is 16.1. The number of rotatable bonds is 0. The third-order valence-corrected chi connectivity index (χ3v) is 3.31. The molecule has 0 N–H and O–H groups in total. The van der Waals surface area contributed by atoms with Gasteiger partial charge in [-0.25, -0.2) is 0 Å².